The molecule has 0 saturated heterocycles. The molecule has 0 saturated carbocycles. The Bertz CT molecular complexity index is 1630. The van der Waals surface area contributed by atoms with Gasteiger partial charge in [-0.1, -0.05) is 72.8 Å². The van der Waals surface area contributed by atoms with Crippen molar-refractivity contribution in [3.05, 3.63) is 141 Å². The SMILES string of the molecule is Cc1ccccc1CN(CCCc1ccc(O)cc1)CC(O)c1ccc(OCc2ccccc2)c2[nH]c(=O)ccc12. The summed E-state index contributed by atoms with van der Waals surface area (Å²) in [5.41, 5.74) is 5.75. The Hall–Kier alpha value is -4.39. The third-order valence-electron chi connectivity index (χ3n) is 7.45. The number of phenols is 1. The van der Waals surface area contributed by atoms with Crippen LogP contribution >= 0.6 is 0 Å². The summed E-state index contributed by atoms with van der Waals surface area (Å²) in [6.07, 6.45) is 1.01. The van der Waals surface area contributed by atoms with Crippen LogP contribution in [0.25, 0.3) is 10.9 Å². The number of H-pyrrole nitrogens is 1. The molecule has 3 N–H and O–H groups in total. The average molecular weight is 549 g/mol. The van der Waals surface area contributed by atoms with Crippen LogP contribution in [-0.4, -0.2) is 33.2 Å². The smallest absolute Gasteiger partial charge is 0.248 e. The highest BCUT2D eigenvalue weighted by atomic mass is 16.5. The zero-order chi connectivity index (χ0) is 28.6. The number of ether oxygens (including phenoxy) is 1. The van der Waals surface area contributed by atoms with E-state index in [0.717, 1.165) is 35.9 Å². The molecule has 41 heavy (non-hydrogen) atoms. The minimum absolute atomic E-state index is 0.218. The first-order valence-electron chi connectivity index (χ1n) is 14.0. The third kappa shape index (κ3) is 7.42. The molecule has 210 valence electrons. The number of hydrogen-bond donors (Lipinski definition) is 3. The number of aromatic hydroxyl groups is 1. The zero-order valence-electron chi connectivity index (χ0n) is 23.3. The topological polar surface area (TPSA) is 85.8 Å². The van der Waals surface area contributed by atoms with E-state index in [9.17, 15) is 15.0 Å². The summed E-state index contributed by atoms with van der Waals surface area (Å²) < 4.78 is 6.09. The van der Waals surface area contributed by atoms with Crippen molar-refractivity contribution in [3.8, 4) is 11.5 Å². The van der Waals surface area contributed by atoms with Crippen LogP contribution in [0.1, 0.15) is 40.3 Å². The minimum atomic E-state index is -0.774. The molecular formula is C35H36N2O4. The van der Waals surface area contributed by atoms with E-state index in [1.54, 1.807) is 18.2 Å². The molecule has 1 atom stereocenters. The second-order valence-corrected chi connectivity index (χ2v) is 10.5. The van der Waals surface area contributed by atoms with E-state index >= 15 is 0 Å². The number of aromatic nitrogens is 1. The fraction of sp³-hybridized carbons (Fsp3) is 0.229. The highest BCUT2D eigenvalue weighted by Crippen LogP contribution is 2.31. The molecule has 1 heterocycles. The number of aryl methyl sites for hydroxylation is 2. The first kappa shape index (κ1) is 28.1. The molecule has 0 aliphatic heterocycles. The zero-order valence-corrected chi connectivity index (χ0v) is 23.3. The standard InChI is InChI=1S/C35H36N2O4/c1-25-8-5-6-12-28(25)22-37(21-7-11-26-13-15-29(38)16-14-26)23-32(39)30-17-19-33(35-31(30)18-20-34(40)36-35)41-24-27-9-3-2-4-10-27/h2-6,8-10,12-20,32,38-39H,7,11,21-24H2,1H3,(H,36,40). The van der Waals surface area contributed by atoms with Gasteiger partial charge < -0.3 is 19.9 Å². The molecule has 0 radical (unpaired) electrons. The van der Waals surface area contributed by atoms with Gasteiger partial charge in [0.15, 0.2) is 0 Å². The summed E-state index contributed by atoms with van der Waals surface area (Å²) in [6, 6.07) is 32.5. The summed E-state index contributed by atoms with van der Waals surface area (Å²) in [6.45, 7) is 4.42. The van der Waals surface area contributed by atoms with Gasteiger partial charge in [0.25, 0.3) is 0 Å². The Morgan fingerprint density at radius 2 is 1.61 bits per heavy atom. The molecule has 4 aromatic carbocycles. The van der Waals surface area contributed by atoms with Gasteiger partial charge in [-0.15, -0.1) is 0 Å². The van der Waals surface area contributed by atoms with E-state index in [1.807, 2.05) is 66.7 Å². The number of aliphatic hydroxyl groups excluding tert-OH is 1. The predicted octanol–water partition coefficient (Wildman–Crippen LogP) is 6.29. The Morgan fingerprint density at radius 3 is 2.39 bits per heavy atom. The molecule has 6 heteroatoms. The van der Waals surface area contributed by atoms with Crippen LogP contribution in [0, 0.1) is 6.92 Å². The van der Waals surface area contributed by atoms with Crippen molar-refractivity contribution in [2.45, 2.75) is 39.0 Å². The fourth-order valence-corrected chi connectivity index (χ4v) is 5.17. The second-order valence-electron chi connectivity index (χ2n) is 10.5. The lowest BCUT2D eigenvalue weighted by molar-refractivity contribution is 0.109. The van der Waals surface area contributed by atoms with Crippen LogP contribution in [0.5, 0.6) is 11.5 Å². The summed E-state index contributed by atoms with van der Waals surface area (Å²) in [7, 11) is 0. The van der Waals surface area contributed by atoms with E-state index in [2.05, 4.69) is 28.9 Å². The van der Waals surface area contributed by atoms with Crippen LogP contribution in [-0.2, 0) is 19.6 Å². The highest BCUT2D eigenvalue weighted by molar-refractivity contribution is 5.87. The van der Waals surface area contributed by atoms with Gasteiger partial charge in [0, 0.05) is 24.5 Å². The van der Waals surface area contributed by atoms with Gasteiger partial charge in [0.1, 0.15) is 18.1 Å². The maximum Gasteiger partial charge on any atom is 0.248 e. The molecule has 0 amide bonds. The molecule has 0 spiro atoms. The van der Waals surface area contributed by atoms with Gasteiger partial charge in [0.05, 0.1) is 11.6 Å². The van der Waals surface area contributed by atoms with E-state index < -0.39 is 6.10 Å². The average Bonchev–Trinajstić information content (AvgIpc) is 2.98. The van der Waals surface area contributed by atoms with E-state index in [1.165, 1.54) is 22.8 Å². The second kappa shape index (κ2) is 13.3. The number of nitrogens with one attached hydrogen (secondary N) is 1. The number of benzene rings is 4. The minimum Gasteiger partial charge on any atom is -0.508 e. The summed E-state index contributed by atoms with van der Waals surface area (Å²) in [4.78, 5) is 17.5. The molecule has 5 rings (SSSR count). The lowest BCUT2D eigenvalue weighted by atomic mass is 10.0. The monoisotopic (exact) mass is 548 g/mol. The largest absolute Gasteiger partial charge is 0.508 e. The number of phenolic OH excluding ortho intramolecular Hbond substituents is 1. The van der Waals surface area contributed by atoms with Gasteiger partial charge in [-0.05, 0) is 78.4 Å². The van der Waals surface area contributed by atoms with Crippen LogP contribution < -0.4 is 10.3 Å². The predicted molar refractivity (Wildman–Crippen MR) is 163 cm³/mol. The number of aliphatic hydroxyl groups is 1. The van der Waals surface area contributed by atoms with Crippen molar-refractivity contribution in [3.63, 3.8) is 0 Å². The van der Waals surface area contributed by atoms with Crippen molar-refractivity contribution < 1.29 is 14.9 Å². The Balaban J connectivity index is 1.36. The van der Waals surface area contributed by atoms with Crippen molar-refractivity contribution in [2.75, 3.05) is 13.1 Å². The number of hydrogen-bond acceptors (Lipinski definition) is 5. The van der Waals surface area contributed by atoms with Crippen molar-refractivity contribution in [1.82, 2.24) is 9.88 Å². The van der Waals surface area contributed by atoms with Crippen molar-refractivity contribution in [1.29, 1.82) is 0 Å². The summed E-state index contributed by atoms with van der Waals surface area (Å²) >= 11 is 0. The summed E-state index contributed by atoms with van der Waals surface area (Å²) in [5, 5.41) is 21.9. The lowest BCUT2D eigenvalue weighted by Crippen LogP contribution is -2.30. The molecule has 1 aromatic heterocycles. The van der Waals surface area contributed by atoms with E-state index in [4.69, 9.17) is 4.74 Å². The Labute approximate surface area is 240 Å². The molecule has 0 fully saturated rings. The lowest BCUT2D eigenvalue weighted by Gasteiger charge is -2.27. The first-order chi connectivity index (χ1) is 20.0. The van der Waals surface area contributed by atoms with Gasteiger partial charge in [-0.3, -0.25) is 9.69 Å². The number of aromatic amines is 1. The fourth-order valence-electron chi connectivity index (χ4n) is 5.17. The first-order valence-corrected chi connectivity index (χ1v) is 14.0. The van der Waals surface area contributed by atoms with Gasteiger partial charge >= 0.3 is 0 Å². The number of rotatable bonds is 12. The van der Waals surface area contributed by atoms with E-state index in [0.29, 0.717) is 31.0 Å². The van der Waals surface area contributed by atoms with Gasteiger partial charge in [0.2, 0.25) is 5.56 Å². The van der Waals surface area contributed by atoms with Crippen LogP contribution in [0.4, 0.5) is 0 Å². The third-order valence-corrected chi connectivity index (χ3v) is 7.45. The molecule has 1 unspecified atom stereocenters. The number of fused-ring (bicyclic) bond motifs is 1. The molecule has 0 bridgehead atoms. The highest BCUT2D eigenvalue weighted by Gasteiger charge is 2.19. The molecular weight excluding hydrogens is 512 g/mol. The number of pyridine rings is 1. The van der Waals surface area contributed by atoms with Crippen LogP contribution in [0.2, 0.25) is 0 Å². The Morgan fingerprint density at radius 1 is 0.854 bits per heavy atom. The summed E-state index contributed by atoms with van der Waals surface area (Å²) in [5.74, 6) is 0.839. The van der Waals surface area contributed by atoms with Crippen molar-refractivity contribution >= 4 is 10.9 Å². The maximum atomic E-state index is 12.3. The molecule has 5 aromatic rings. The van der Waals surface area contributed by atoms with Gasteiger partial charge in [-0.2, -0.15) is 0 Å². The Kier molecular flexibility index (Phi) is 9.14. The quantitative estimate of drug-likeness (QED) is 0.171. The molecule has 0 aliphatic rings. The molecule has 0 aliphatic carbocycles. The maximum absolute atomic E-state index is 12.3. The van der Waals surface area contributed by atoms with Crippen LogP contribution in [0.3, 0.4) is 0 Å². The number of nitrogens with zero attached hydrogens (tertiary/aromatic N) is 1. The normalized spacial score (nSPS) is 12.1. The van der Waals surface area contributed by atoms with Crippen molar-refractivity contribution in [2.24, 2.45) is 0 Å². The molecule has 6 nitrogen and oxygen atoms in total. The van der Waals surface area contributed by atoms with E-state index in [-0.39, 0.29) is 11.3 Å². The van der Waals surface area contributed by atoms with Crippen LogP contribution in [0.15, 0.2) is 108 Å². The van der Waals surface area contributed by atoms with Gasteiger partial charge in [-0.25, -0.2) is 0 Å².